The molecule has 4 unspecified atom stereocenters. The smallest absolute Gasteiger partial charge is 0.0426 e. The monoisotopic (exact) mass is 281 g/mol. The predicted molar refractivity (Wildman–Crippen MR) is 85.6 cm³/mol. The van der Waals surface area contributed by atoms with Crippen LogP contribution in [0.4, 0.5) is 0 Å². The van der Waals surface area contributed by atoms with Gasteiger partial charge in [0.05, 0.1) is 0 Å². The van der Waals surface area contributed by atoms with Crippen LogP contribution in [0.5, 0.6) is 0 Å². The molecule has 1 heterocycles. The molecule has 1 fully saturated rings. The third kappa shape index (κ3) is 3.06. The van der Waals surface area contributed by atoms with Gasteiger partial charge in [0.25, 0.3) is 0 Å². The van der Waals surface area contributed by atoms with E-state index in [4.69, 9.17) is 5.73 Å². The largest absolute Gasteiger partial charge is 0.323 e. The van der Waals surface area contributed by atoms with Gasteiger partial charge in [-0.15, -0.1) is 0 Å². The summed E-state index contributed by atoms with van der Waals surface area (Å²) >= 11 is 4.13. The van der Waals surface area contributed by atoms with Crippen LogP contribution in [0.2, 0.25) is 0 Å². The molecule has 0 bridgehead atoms. The number of benzene rings is 1. The Labute approximate surface area is 119 Å². The maximum atomic E-state index is 6.51. The van der Waals surface area contributed by atoms with Crippen molar-refractivity contribution in [1.82, 2.24) is 0 Å². The number of rotatable bonds is 2. The standard InChI is InChI=1S/C15H23NS2/c1-9-5-6-10(2)13(7-9)15(16)14-8-17-11(3)12(4)18-14/h5-7,11-12,14-15H,8,16H2,1-4H3. The second kappa shape index (κ2) is 5.89. The number of hydrogen-bond donors (Lipinski definition) is 1. The summed E-state index contributed by atoms with van der Waals surface area (Å²) in [6.45, 7) is 8.96. The molecule has 0 aliphatic carbocycles. The molecule has 0 spiro atoms. The summed E-state index contributed by atoms with van der Waals surface area (Å²) in [5, 5.41) is 1.99. The zero-order chi connectivity index (χ0) is 13.3. The van der Waals surface area contributed by atoms with E-state index in [0.717, 1.165) is 5.25 Å². The van der Waals surface area contributed by atoms with E-state index in [1.807, 2.05) is 0 Å². The van der Waals surface area contributed by atoms with Gasteiger partial charge in [0.15, 0.2) is 0 Å². The van der Waals surface area contributed by atoms with Crippen LogP contribution in [0.25, 0.3) is 0 Å². The lowest BCUT2D eigenvalue weighted by atomic mass is 9.98. The molecule has 2 rings (SSSR count). The first-order valence-electron chi connectivity index (χ1n) is 6.59. The SMILES string of the molecule is Cc1ccc(C)c(C(N)C2CSC(C)C(C)S2)c1. The summed E-state index contributed by atoms with van der Waals surface area (Å²) in [5.41, 5.74) is 10.5. The summed E-state index contributed by atoms with van der Waals surface area (Å²) in [4.78, 5) is 0. The molecule has 0 saturated carbocycles. The van der Waals surface area contributed by atoms with Crippen molar-refractivity contribution < 1.29 is 0 Å². The Morgan fingerprint density at radius 3 is 2.61 bits per heavy atom. The highest BCUT2D eigenvalue weighted by molar-refractivity contribution is 8.07. The van der Waals surface area contributed by atoms with Crippen molar-refractivity contribution in [1.29, 1.82) is 0 Å². The minimum absolute atomic E-state index is 0.164. The Bertz CT molecular complexity index is 419. The minimum atomic E-state index is 0.164. The molecule has 0 radical (unpaired) electrons. The van der Waals surface area contributed by atoms with Gasteiger partial charge in [-0.2, -0.15) is 23.5 Å². The number of thioether (sulfide) groups is 2. The van der Waals surface area contributed by atoms with Crippen LogP contribution in [0.1, 0.15) is 36.6 Å². The molecule has 1 aromatic carbocycles. The van der Waals surface area contributed by atoms with Crippen LogP contribution >= 0.6 is 23.5 Å². The van der Waals surface area contributed by atoms with Gasteiger partial charge in [0.2, 0.25) is 0 Å². The van der Waals surface area contributed by atoms with Crippen molar-refractivity contribution in [3.8, 4) is 0 Å². The number of aryl methyl sites for hydroxylation is 2. The highest BCUT2D eigenvalue weighted by Crippen LogP contribution is 2.40. The van der Waals surface area contributed by atoms with Crippen LogP contribution in [-0.4, -0.2) is 21.5 Å². The van der Waals surface area contributed by atoms with Crippen molar-refractivity contribution in [3.63, 3.8) is 0 Å². The molecule has 0 aromatic heterocycles. The highest BCUT2D eigenvalue weighted by atomic mass is 32.2. The molecular formula is C15H23NS2. The molecule has 4 atom stereocenters. The Kier molecular flexibility index (Phi) is 4.68. The molecule has 100 valence electrons. The van der Waals surface area contributed by atoms with Gasteiger partial charge in [0.1, 0.15) is 0 Å². The fourth-order valence-electron chi connectivity index (χ4n) is 2.32. The summed E-state index contributed by atoms with van der Waals surface area (Å²) in [7, 11) is 0. The molecule has 0 amide bonds. The second-order valence-corrected chi connectivity index (χ2v) is 8.34. The van der Waals surface area contributed by atoms with E-state index in [9.17, 15) is 0 Å². The lowest BCUT2D eigenvalue weighted by Crippen LogP contribution is -2.34. The van der Waals surface area contributed by atoms with Gasteiger partial charge in [-0.25, -0.2) is 0 Å². The molecule has 2 N–H and O–H groups in total. The third-order valence-electron chi connectivity index (χ3n) is 3.77. The first-order valence-corrected chi connectivity index (χ1v) is 8.58. The average molecular weight is 281 g/mol. The molecule has 1 nitrogen and oxygen atoms in total. The van der Waals surface area contributed by atoms with Gasteiger partial charge in [-0.05, 0) is 25.0 Å². The van der Waals surface area contributed by atoms with Crippen LogP contribution in [0, 0.1) is 13.8 Å². The van der Waals surface area contributed by atoms with Gasteiger partial charge in [-0.3, -0.25) is 0 Å². The van der Waals surface area contributed by atoms with Crippen molar-refractivity contribution in [2.45, 2.75) is 49.5 Å². The quantitative estimate of drug-likeness (QED) is 0.889. The first kappa shape index (κ1) is 14.3. The maximum Gasteiger partial charge on any atom is 0.0426 e. The predicted octanol–water partition coefficient (Wildman–Crippen LogP) is 3.93. The molecular weight excluding hydrogens is 258 g/mol. The van der Waals surface area contributed by atoms with Crippen LogP contribution in [0.3, 0.4) is 0 Å². The Balaban J connectivity index is 2.16. The Morgan fingerprint density at radius 1 is 1.22 bits per heavy atom. The molecule has 1 saturated heterocycles. The van der Waals surface area contributed by atoms with Gasteiger partial charge in [0, 0.05) is 27.5 Å². The number of hydrogen-bond acceptors (Lipinski definition) is 3. The minimum Gasteiger partial charge on any atom is -0.323 e. The zero-order valence-corrected chi connectivity index (χ0v) is 13.3. The summed E-state index contributed by atoms with van der Waals surface area (Å²) < 4.78 is 0. The van der Waals surface area contributed by atoms with Gasteiger partial charge < -0.3 is 5.73 Å². The van der Waals surface area contributed by atoms with E-state index in [1.165, 1.54) is 22.4 Å². The normalized spacial score (nSPS) is 30.2. The van der Waals surface area contributed by atoms with Gasteiger partial charge >= 0.3 is 0 Å². The summed E-state index contributed by atoms with van der Waals surface area (Å²) in [6, 6.07) is 6.78. The van der Waals surface area contributed by atoms with E-state index >= 15 is 0 Å². The number of nitrogens with two attached hydrogens (primary N) is 1. The summed E-state index contributed by atoms with van der Waals surface area (Å²) in [6.07, 6.45) is 0. The zero-order valence-electron chi connectivity index (χ0n) is 11.6. The lowest BCUT2D eigenvalue weighted by molar-refractivity contribution is 0.702. The first-order chi connectivity index (χ1) is 8.49. The molecule has 1 aromatic rings. The third-order valence-corrected chi connectivity index (χ3v) is 7.28. The van der Waals surface area contributed by atoms with Crippen molar-refractivity contribution in [2.24, 2.45) is 5.73 Å². The van der Waals surface area contributed by atoms with E-state index < -0.39 is 0 Å². The van der Waals surface area contributed by atoms with Crippen molar-refractivity contribution in [2.75, 3.05) is 5.75 Å². The average Bonchev–Trinajstić information content (AvgIpc) is 2.35. The molecule has 1 aliphatic heterocycles. The summed E-state index contributed by atoms with van der Waals surface area (Å²) in [5.74, 6) is 1.17. The lowest BCUT2D eigenvalue weighted by Gasteiger charge is -2.35. The van der Waals surface area contributed by atoms with Crippen molar-refractivity contribution in [3.05, 3.63) is 34.9 Å². The van der Waals surface area contributed by atoms with Crippen LogP contribution in [0.15, 0.2) is 18.2 Å². The van der Waals surface area contributed by atoms with Crippen molar-refractivity contribution >= 4 is 23.5 Å². The molecule has 3 heteroatoms. The Morgan fingerprint density at radius 2 is 1.94 bits per heavy atom. The fraction of sp³-hybridized carbons (Fsp3) is 0.600. The topological polar surface area (TPSA) is 26.0 Å². The van der Waals surface area contributed by atoms with E-state index in [-0.39, 0.29) is 6.04 Å². The Hall–Kier alpha value is -0.120. The van der Waals surface area contributed by atoms with Gasteiger partial charge in [-0.1, -0.05) is 37.6 Å². The maximum absolute atomic E-state index is 6.51. The highest BCUT2D eigenvalue weighted by Gasteiger charge is 2.30. The van der Waals surface area contributed by atoms with E-state index in [2.05, 4.69) is 69.4 Å². The van der Waals surface area contributed by atoms with Crippen LogP contribution in [-0.2, 0) is 0 Å². The van der Waals surface area contributed by atoms with Crippen LogP contribution < -0.4 is 5.73 Å². The molecule has 18 heavy (non-hydrogen) atoms. The van der Waals surface area contributed by atoms with E-state index in [0.29, 0.717) is 10.5 Å². The van der Waals surface area contributed by atoms with E-state index in [1.54, 1.807) is 0 Å². The second-order valence-electron chi connectivity index (χ2n) is 5.30. The fourth-order valence-corrected chi connectivity index (χ4v) is 5.35. The molecule has 1 aliphatic rings.